The van der Waals surface area contributed by atoms with E-state index in [9.17, 15) is 9.59 Å². The molecule has 0 saturated carbocycles. The fourth-order valence-corrected chi connectivity index (χ4v) is 2.46. The molecule has 0 heterocycles. The van der Waals surface area contributed by atoms with Crippen LogP contribution in [0.15, 0.2) is 30.3 Å². The summed E-state index contributed by atoms with van der Waals surface area (Å²) >= 11 is 0. The Morgan fingerprint density at radius 1 is 0.960 bits per heavy atom. The van der Waals surface area contributed by atoms with E-state index in [2.05, 4.69) is 16.0 Å². The van der Waals surface area contributed by atoms with E-state index in [-0.39, 0.29) is 30.4 Å². The minimum absolute atomic E-state index is 0.00560. The fourth-order valence-electron chi connectivity index (χ4n) is 2.46. The maximum atomic E-state index is 12.6. The molecule has 6 nitrogen and oxygen atoms in total. The molecule has 2 amide bonds. The number of rotatable bonds is 10. The first kappa shape index (κ1) is 21.1. The molecule has 0 aliphatic carbocycles. The van der Waals surface area contributed by atoms with Crippen LogP contribution in [-0.2, 0) is 20.9 Å². The highest BCUT2D eigenvalue weighted by atomic mass is 16.5. The van der Waals surface area contributed by atoms with Gasteiger partial charge >= 0.3 is 0 Å². The topological polar surface area (TPSA) is 79.5 Å². The molecule has 0 bridgehead atoms. The van der Waals surface area contributed by atoms with Crippen LogP contribution >= 0.6 is 0 Å². The normalized spacial score (nSPS) is 13.6. The quantitative estimate of drug-likeness (QED) is 0.443. The number of likely N-dealkylation sites (N-methyl/N-ethyl adjacent to an activating group) is 1. The molecule has 0 radical (unpaired) electrons. The van der Waals surface area contributed by atoms with Gasteiger partial charge in [-0.25, -0.2) is 0 Å². The van der Waals surface area contributed by atoms with Crippen LogP contribution in [0.25, 0.3) is 0 Å². The molecule has 1 rings (SSSR count). The molecule has 0 aliphatic rings. The monoisotopic (exact) mass is 349 g/mol. The van der Waals surface area contributed by atoms with Gasteiger partial charge in [0, 0.05) is 7.05 Å². The molecule has 0 fully saturated rings. The van der Waals surface area contributed by atoms with Gasteiger partial charge in [0.05, 0.1) is 19.4 Å². The second-order valence-electron chi connectivity index (χ2n) is 6.75. The third-order valence-corrected chi connectivity index (χ3v) is 3.96. The van der Waals surface area contributed by atoms with Crippen molar-refractivity contribution in [2.24, 2.45) is 11.8 Å². The zero-order valence-corrected chi connectivity index (χ0v) is 15.8. The van der Waals surface area contributed by atoms with Crippen LogP contribution in [0.2, 0.25) is 0 Å². The number of benzene rings is 1. The summed E-state index contributed by atoms with van der Waals surface area (Å²) < 4.78 is 5.60. The number of nitrogens with one attached hydrogen (secondary N) is 3. The van der Waals surface area contributed by atoms with Crippen molar-refractivity contribution in [2.75, 3.05) is 13.8 Å². The van der Waals surface area contributed by atoms with Gasteiger partial charge in [0.1, 0.15) is 6.04 Å². The van der Waals surface area contributed by atoms with Crippen molar-refractivity contribution in [1.82, 2.24) is 16.0 Å². The van der Waals surface area contributed by atoms with Crippen molar-refractivity contribution in [1.29, 1.82) is 0 Å². The predicted octanol–water partition coefficient (Wildman–Crippen LogP) is 1.66. The average molecular weight is 349 g/mol. The van der Waals surface area contributed by atoms with E-state index in [1.165, 1.54) is 0 Å². The lowest BCUT2D eigenvalue weighted by molar-refractivity contribution is -0.131. The zero-order valence-electron chi connectivity index (χ0n) is 15.8. The second kappa shape index (κ2) is 10.8. The summed E-state index contributed by atoms with van der Waals surface area (Å²) in [5.41, 5.74) is 1.08. The van der Waals surface area contributed by atoms with Crippen molar-refractivity contribution in [3.63, 3.8) is 0 Å². The zero-order chi connectivity index (χ0) is 18.8. The highest BCUT2D eigenvalue weighted by Gasteiger charge is 2.28. The molecule has 25 heavy (non-hydrogen) atoms. The van der Waals surface area contributed by atoms with Gasteiger partial charge in [0.25, 0.3) is 0 Å². The van der Waals surface area contributed by atoms with E-state index in [4.69, 9.17) is 4.74 Å². The summed E-state index contributed by atoms with van der Waals surface area (Å²) in [6.07, 6.45) is 0. The smallest absolute Gasteiger partial charge is 0.242 e. The van der Waals surface area contributed by atoms with Gasteiger partial charge in [-0.3, -0.25) is 14.9 Å². The fraction of sp³-hybridized carbons (Fsp3) is 0.579. The second-order valence-corrected chi connectivity index (χ2v) is 6.75. The third kappa shape index (κ3) is 7.23. The van der Waals surface area contributed by atoms with Crippen molar-refractivity contribution in [3.05, 3.63) is 35.9 Å². The van der Waals surface area contributed by atoms with Crippen molar-refractivity contribution < 1.29 is 14.3 Å². The molecule has 140 valence electrons. The third-order valence-electron chi connectivity index (χ3n) is 3.96. The van der Waals surface area contributed by atoms with Crippen LogP contribution in [0.4, 0.5) is 0 Å². The summed E-state index contributed by atoms with van der Waals surface area (Å²) in [5, 5.41) is 8.55. The first-order chi connectivity index (χ1) is 11.9. The number of carbonyl (C=O) groups excluding carboxylic acids is 2. The summed E-state index contributed by atoms with van der Waals surface area (Å²) in [6, 6.07) is 8.88. The van der Waals surface area contributed by atoms with Crippen LogP contribution in [-0.4, -0.2) is 37.7 Å². The van der Waals surface area contributed by atoms with E-state index in [0.29, 0.717) is 6.61 Å². The average Bonchev–Trinajstić information content (AvgIpc) is 2.59. The van der Waals surface area contributed by atoms with Crippen molar-refractivity contribution in [3.8, 4) is 0 Å². The Kier molecular flexibility index (Phi) is 9.16. The van der Waals surface area contributed by atoms with Gasteiger partial charge in [0.2, 0.25) is 11.8 Å². The number of ether oxygens (including phenoxy) is 1. The van der Waals surface area contributed by atoms with E-state index >= 15 is 0 Å². The molecule has 0 saturated heterocycles. The Hall–Kier alpha value is -1.92. The van der Waals surface area contributed by atoms with Gasteiger partial charge in [0.15, 0.2) is 0 Å². The number of hydrogen-bond donors (Lipinski definition) is 3. The summed E-state index contributed by atoms with van der Waals surface area (Å²) in [5.74, 6) is -0.310. The Labute approximate surface area is 150 Å². The predicted molar refractivity (Wildman–Crippen MR) is 98.7 cm³/mol. The molecule has 1 aromatic carbocycles. The molecule has 0 spiro atoms. The SMILES string of the molecule is CNC(=O)[C@@H](NC(=O)[C@@H](NCOCc1ccccc1)C(C)C)C(C)C. The van der Waals surface area contributed by atoms with E-state index < -0.39 is 12.1 Å². The van der Waals surface area contributed by atoms with Crippen LogP contribution in [0.3, 0.4) is 0 Å². The molecule has 6 heteroatoms. The van der Waals surface area contributed by atoms with E-state index in [1.54, 1.807) is 7.05 Å². The maximum Gasteiger partial charge on any atom is 0.242 e. The lowest BCUT2D eigenvalue weighted by atomic mass is 10.00. The Bertz CT molecular complexity index is 532. The van der Waals surface area contributed by atoms with Crippen LogP contribution in [0, 0.1) is 11.8 Å². The van der Waals surface area contributed by atoms with Gasteiger partial charge in [-0.1, -0.05) is 58.0 Å². The lowest BCUT2D eigenvalue weighted by Gasteiger charge is -2.26. The maximum absolute atomic E-state index is 12.6. The van der Waals surface area contributed by atoms with Gasteiger partial charge in [-0.05, 0) is 17.4 Å². The molecule has 1 aromatic rings. The Balaban J connectivity index is 2.54. The van der Waals surface area contributed by atoms with Crippen LogP contribution in [0.1, 0.15) is 33.3 Å². The molecular formula is C19H31N3O3. The highest BCUT2D eigenvalue weighted by Crippen LogP contribution is 2.07. The van der Waals surface area contributed by atoms with Gasteiger partial charge in [-0.15, -0.1) is 0 Å². The highest BCUT2D eigenvalue weighted by molar-refractivity contribution is 5.89. The summed E-state index contributed by atoms with van der Waals surface area (Å²) in [7, 11) is 1.57. The summed E-state index contributed by atoms with van der Waals surface area (Å²) in [4.78, 5) is 24.5. The number of hydrogen-bond acceptors (Lipinski definition) is 4. The van der Waals surface area contributed by atoms with Crippen LogP contribution in [0.5, 0.6) is 0 Å². The largest absolute Gasteiger partial charge is 0.362 e. The first-order valence-corrected chi connectivity index (χ1v) is 8.73. The van der Waals surface area contributed by atoms with Gasteiger partial charge < -0.3 is 15.4 Å². The lowest BCUT2D eigenvalue weighted by Crippen LogP contribution is -2.55. The van der Waals surface area contributed by atoms with Gasteiger partial charge in [-0.2, -0.15) is 0 Å². The molecule has 0 aliphatic heterocycles. The molecule has 0 aromatic heterocycles. The number of amides is 2. The standard InChI is InChI=1S/C19H31N3O3/c1-13(2)16(19(24)22-17(14(3)4)18(23)20-5)21-12-25-11-15-9-7-6-8-10-15/h6-10,13-14,16-17,21H,11-12H2,1-5H3,(H,20,23)(H,22,24)/t16-,17-/m0/s1. The molecule has 0 unspecified atom stereocenters. The van der Waals surface area contributed by atoms with Crippen molar-refractivity contribution in [2.45, 2.75) is 46.4 Å². The van der Waals surface area contributed by atoms with E-state index in [0.717, 1.165) is 5.56 Å². The molecular weight excluding hydrogens is 318 g/mol. The Morgan fingerprint density at radius 3 is 2.08 bits per heavy atom. The number of carbonyl (C=O) groups is 2. The summed E-state index contributed by atoms with van der Waals surface area (Å²) in [6.45, 7) is 8.46. The van der Waals surface area contributed by atoms with E-state index in [1.807, 2.05) is 58.0 Å². The minimum atomic E-state index is -0.550. The van der Waals surface area contributed by atoms with Crippen LogP contribution < -0.4 is 16.0 Å². The molecule has 2 atom stereocenters. The molecule has 3 N–H and O–H groups in total. The Morgan fingerprint density at radius 2 is 1.56 bits per heavy atom. The van der Waals surface area contributed by atoms with Crippen molar-refractivity contribution >= 4 is 11.8 Å². The minimum Gasteiger partial charge on any atom is -0.362 e. The first-order valence-electron chi connectivity index (χ1n) is 8.73.